The third-order valence-electron chi connectivity index (χ3n) is 2.40. The fraction of sp³-hybridized carbons (Fsp3) is 0.538. The van der Waals surface area contributed by atoms with Gasteiger partial charge in [-0.1, -0.05) is 26.8 Å². The molecule has 0 atom stereocenters. The van der Waals surface area contributed by atoms with E-state index in [4.69, 9.17) is 4.74 Å². The Labute approximate surface area is 107 Å². The first-order valence-corrected chi connectivity index (χ1v) is 6.18. The Morgan fingerprint density at radius 3 is 2.72 bits per heavy atom. The molecule has 0 bridgehead atoms. The van der Waals surface area contributed by atoms with E-state index >= 15 is 0 Å². The van der Waals surface area contributed by atoms with Gasteiger partial charge in [-0.2, -0.15) is 0 Å². The molecule has 0 aliphatic carbocycles. The van der Waals surface area contributed by atoms with E-state index in [1.165, 1.54) is 0 Å². The zero-order valence-corrected chi connectivity index (χ0v) is 11.1. The van der Waals surface area contributed by atoms with Gasteiger partial charge in [0.15, 0.2) is 5.75 Å². The molecule has 0 amide bonds. The standard InChI is InChI=1S/C13H20N2O3/c1-4-7-18-13-6-5-11(9-14-10(2)3)8-12(13)15(16)17/h5-6,8,10,14H,4,7,9H2,1-3H3. The second-order valence-electron chi connectivity index (χ2n) is 4.44. The van der Waals surface area contributed by atoms with Crippen molar-refractivity contribution in [1.29, 1.82) is 0 Å². The fourth-order valence-corrected chi connectivity index (χ4v) is 1.47. The van der Waals surface area contributed by atoms with E-state index in [0.29, 0.717) is 24.9 Å². The van der Waals surface area contributed by atoms with Crippen molar-refractivity contribution in [1.82, 2.24) is 5.32 Å². The zero-order valence-electron chi connectivity index (χ0n) is 11.1. The maximum Gasteiger partial charge on any atom is 0.311 e. The van der Waals surface area contributed by atoms with Gasteiger partial charge in [0.25, 0.3) is 0 Å². The Bertz CT molecular complexity index is 405. The van der Waals surface area contributed by atoms with Crippen molar-refractivity contribution in [3.05, 3.63) is 33.9 Å². The minimum Gasteiger partial charge on any atom is -0.487 e. The SMILES string of the molecule is CCCOc1ccc(CNC(C)C)cc1[N+](=O)[O-]. The maximum absolute atomic E-state index is 11.0. The molecule has 0 radical (unpaired) electrons. The van der Waals surface area contributed by atoms with Crippen molar-refractivity contribution >= 4 is 5.69 Å². The van der Waals surface area contributed by atoms with Crippen LogP contribution in [0.3, 0.4) is 0 Å². The first-order chi connectivity index (χ1) is 8.54. The van der Waals surface area contributed by atoms with Crippen LogP contribution in [-0.4, -0.2) is 17.6 Å². The number of nitrogens with zero attached hydrogens (tertiary/aromatic N) is 1. The average molecular weight is 252 g/mol. The van der Waals surface area contributed by atoms with Gasteiger partial charge >= 0.3 is 5.69 Å². The van der Waals surface area contributed by atoms with Gasteiger partial charge in [-0.05, 0) is 18.1 Å². The minimum atomic E-state index is -0.399. The lowest BCUT2D eigenvalue weighted by Crippen LogP contribution is -2.21. The molecule has 0 saturated carbocycles. The highest BCUT2D eigenvalue weighted by Gasteiger charge is 2.15. The number of ether oxygens (including phenoxy) is 1. The van der Waals surface area contributed by atoms with Crippen molar-refractivity contribution in [3.8, 4) is 5.75 Å². The number of nitro benzene ring substituents is 1. The van der Waals surface area contributed by atoms with Gasteiger partial charge in [-0.25, -0.2) is 0 Å². The van der Waals surface area contributed by atoms with Crippen molar-refractivity contribution in [2.45, 2.75) is 39.8 Å². The van der Waals surface area contributed by atoms with Crippen molar-refractivity contribution in [2.24, 2.45) is 0 Å². The van der Waals surface area contributed by atoms with Crippen LogP contribution in [0.15, 0.2) is 18.2 Å². The summed E-state index contributed by atoms with van der Waals surface area (Å²) in [6, 6.07) is 5.44. The summed E-state index contributed by atoms with van der Waals surface area (Å²) in [6.07, 6.45) is 0.827. The second kappa shape index (κ2) is 6.96. The fourth-order valence-electron chi connectivity index (χ4n) is 1.47. The van der Waals surface area contributed by atoms with Crippen LogP contribution in [0.1, 0.15) is 32.8 Å². The van der Waals surface area contributed by atoms with Crippen LogP contribution in [0.5, 0.6) is 5.75 Å². The zero-order chi connectivity index (χ0) is 13.5. The minimum absolute atomic E-state index is 0.0338. The lowest BCUT2D eigenvalue weighted by molar-refractivity contribution is -0.385. The molecule has 0 spiro atoms. The molecule has 5 nitrogen and oxygen atoms in total. The van der Waals surface area contributed by atoms with Crippen LogP contribution in [0, 0.1) is 10.1 Å². The molecule has 1 aromatic rings. The van der Waals surface area contributed by atoms with Crippen LogP contribution in [0.4, 0.5) is 5.69 Å². The van der Waals surface area contributed by atoms with Gasteiger partial charge in [0.05, 0.1) is 11.5 Å². The molecule has 0 saturated heterocycles. The molecular formula is C13H20N2O3. The number of hydrogen-bond acceptors (Lipinski definition) is 4. The maximum atomic E-state index is 11.0. The van der Waals surface area contributed by atoms with E-state index in [0.717, 1.165) is 12.0 Å². The topological polar surface area (TPSA) is 64.4 Å². The molecule has 0 unspecified atom stereocenters. The summed E-state index contributed by atoms with van der Waals surface area (Å²) in [5.41, 5.74) is 0.922. The van der Waals surface area contributed by atoms with Gasteiger partial charge in [0, 0.05) is 18.7 Å². The first-order valence-electron chi connectivity index (χ1n) is 6.18. The van der Waals surface area contributed by atoms with Crippen LogP contribution < -0.4 is 10.1 Å². The van der Waals surface area contributed by atoms with Gasteiger partial charge in [0.2, 0.25) is 0 Å². The van der Waals surface area contributed by atoms with Crippen LogP contribution >= 0.6 is 0 Å². The highest BCUT2D eigenvalue weighted by Crippen LogP contribution is 2.28. The average Bonchev–Trinajstić information content (AvgIpc) is 2.34. The Balaban J connectivity index is 2.85. The Kier molecular flexibility index (Phi) is 5.58. The largest absolute Gasteiger partial charge is 0.487 e. The summed E-state index contributed by atoms with van der Waals surface area (Å²) >= 11 is 0. The van der Waals surface area contributed by atoms with Gasteiger partial charge in [0.1, 0.15) is 0 Å². The molecule has 0 aliphatic rings. The third kappa shape index (κ3) is 4.33. The lowest BCUT2D eigenvalue weighted by atomic mass is 10.2. The summed E-state index contributed by atoms with van der Waals surface area (Å²) in [4.78, 5) is 10.6. The molecule has 0 aliphatic heterocycles. The second-order valence-corrected chi connectivity index (χ2v) is 4.44. The predicted octanol–water partition coefficient (Wildman–Crippen LogP) is 2.88. The van der Waals surface area contributed by atoms with Crippen molar-refractivity contribution in [3.63, 3.8) is 0 Å². The monoisotopic (exact) mass is 252 g/mol. The van der Waals surface area contributed by atoms with Crippen LogP contribution in [-0.2, 0) is 6.54 Å². The van der Waals surface area contributed by atoms with Crippen LogP contribution in [0.25, 0.3) is 0 Å². The molecule has 18 heavy (non-hydrogen) atoms. The molecule has 1 rings (SSSR count). The smallest absolute Gasteiger partial charge is 0.311 e. The Morgan fingerprint density at radius 1 is 1.44 bits per heavy atom. The third-order valence-corrected chi connectivity index (χ3v) is 2.40. The molecular weight excluding hydrogens is 232 g/mol. The Morgan fingerprint density at radius 2 is 2.17 bits per heavy atom. The number of nitrogens with one attached hydrogen (secondary N) is 1. The summed E-state index contributed by atoms with van der Waals surface area (Å²) in [7, 11) is 0. The van der Waals surface area contributed by atoms with E-state index in [2.05, 4.69) is 5.32 Å². The molecule has 100 valence electrons. The molecule has 5 heteroatoms. The normalized spacial score (nSPS) is 10.7. The summed E-state index contributed by atoms with van der Waals surface area (Å²) in [5, 5.41) is 14.2. The van der Waals surface area contributed by atoms with Crippen LogP contribution in [0.2, 0.25) is 0 Å². The summed E-state index contributed by atoms with van der Waals surface area (Å²) in [6.45, 7) is 7.14. The quantitative estimate of drug-likeness (QED) is 0.598. The van der Waals surface area contributed by atoms with Gasteiger partial charge in [-0.3, -0.25) is 10.1 Å². The van der Waals surface area contributed by atoms with E-state index < -0.39 is 4.92 Å². The number of hydrogen-bond donors (Lipinski definition) is 1. The number of benzene rings is 1. The predicted molar refractivity (Wildman–Crippen MR) is 70.9 cm³/mol. The molecule has 1 aromatic carbocycles. The Hall–Kier alpha value is -1.62. The van der Waals surface area contributed by atoms with E-state index in [-0.39, 0.29) is 5.69 Å². The van der Waals surface area contributed by atoms with Crippen molar-refractivity contribution in [2.75, 3.05) is 6.61 Å². The van der Waals surface area contributed by atoms with E-state index in [9.17, 15) is 10.1 Å². The van der Waals surface area contributed by atoms with Gasteiger partial charge < -0.3 is 10.1 Å². The summed E-state index contributed by atoms with van der Waals surface area (Å²) < 4.78 is 5.37. The first kappa shape index (κ1) is 14.4. The summed E-state index contributed by atoms with van der Waals surface area (Å²) in [5.74, 6) is 0.343. The molecule has 0 heterocycles. The highest BCUT2D eigenvalue weighted by atomic mass is 16.6. The lowest BCUT2D eigenvalue weighted by Gasteiger charge is -2.10. The van der Waals surface area contributed by atoms with E-state index in [1.807, 2.05) is 26.8 Å². The number of rotatable bonds is 7. The molecule has 0 fully saturated rings. The van der Waals surface area contributed by atoms with E-state index in [1.54, 1.807) is 12.1 Å². The molecule has 1 N–H and O–H groups in total. The molecule has 0 aromatic heterocycles. The van der Waals surface area contributed by atoms with Crippen molar-refractivity contribution < 1.29 is 9.66 Å². The highest BCUT2D eigenvalue weighted by molar-refractivity contribution is 5.48. The van der Waals surface area contributed by atoms with Gasteiger partial charge in [-0.15, -0.1) is 0 Å². The number of nitro groups is 1.